The minimum absolute atomic E-state index is 0.0504. The highest BCUT2D eigenvalue weighted by Crippen LogP contribution is 2.24. The average molecular weight is 219 g/mol. The summed E-state index contributed by atoms with van der Waals surface area (Å²) in [5.41, 5.74) is 2.01. The fraction of sp³-hybridized carbons (Fsp3) is 0.333. The van der Waals surface area contributed by atoms with E-state index in [4.69, 9.17) is 15.1 Å². The molecule has 0 heterocycles. The van der Waals surface area contributed by atoms with Gasteiger partial charge in [0.15, 0.2) is 0 Å². The topological polar surface area (TPSA) is 70.3 Å². The van der Waals surface area contributed by atoms with E-state index in [2.05, 4.69) is 0 Å². The number of rotatable bonds is 4. The second-order valence-corrected chi connectivity index (χ2v) is 3.36. The van der Waals surface area contributed by atoms with Crippen LogP contribution in [0.15, 0.2) is 12.1 Å². The summed E-state index contributed by atoms with van der Waals surface area (Å²) in [5, 5.41) is 17.7. The van der Waals surface area contributed by atoms with Gasteiger partial charge in [0.1, 0.15) is 11.8 Å². The number of carboxylic acids is 1. The molecule has 1 aromatic rings. The number of carbonyl (C=O) groups is 1. The number of hydrogen-bond donors (Lipinski definition) is 1. The van der Waals surface area contributed by atoms with Crippen LogP contribution in [0.2, 0.25) is 0 Å². The summed E-state index contributed by atoms with van der Waals surface area (Å²) in [6.07, 6.45) is 0.645. The predicted molar refractivity (Wildman–Crippen MR) is 58.4 cm³/mol. The van der Waals surface area contributed by atoms with E-state index in [9.17, 15) is 4.79 Å². The van der Waals surface area contributed by atoms with Gasteiger partial charge in [-0.15, -0.1) is 0 Å². The standard InChI is InChI=1S/C12H13NO3/c1-3-8-4-10(7-13)11(16-2)5-9(8)6-12(14)15/h4-5H,3,6H2,1-2H3,(H,14,15). The first-order valence-corrected chi connectivity index (χ1v) is 4.94. The molecule has 0 atom stereocenters. The van der Waals surface area contributed by atoms with E-state index in [0.717, 1.165) is 5.56 Å². The van der Waals surface area contributed by atoms with Crippen molar-refractivity contribution < 1.29 is 14.6 Å². The Morgan fingerprint density at radius 3 is 2.62 bits per heavy atom. The molecule has 0 fully saturated rings. The molecule has 0 spiro atoms. The first-order valence-electron chi connectivity index (χ1n) is 4.94. The van der Waals surface area contributed by atoms with Crippen LogP contribution >= 0.6 is 0 Å². The number of aryl methyl sites for hydroxylation is 1. The zero-order valence-electron chi connectivity index (χ0n) is 9.28. The van der Waals surface area contributed by atoms with Crippen molar-refractivity contribution in [2.75, 3.05) is 7.11 Å². The molecule has 0 saturated heterocycles. The van der Waals surface area contributed by atoms with E-state index in [1.54, 1.807) is 12.1 Å². The van der Waals surface area contributed by atoms with Gasteiger partial charge in [-0.3, -0.25) is 4.79 Å². The molecule has 1 rings (SSSR count). The largest absolute Gasteiger partial charge is 0.495 e. The summed E-state index contributed by atoms with van der Waals surface area (Å²) >= 11 is 0. The number of methoxy groups -OCH3 is 1. The minimum atomic E-state index is -0.888. The van der Waals surface area contributed by atoms with Crippen LogP contribution in [0.25, 0.3) is 0 Å². The molecule has 0 aliphatic rings. The van der Waals surface area contributed by atoms with Crippen molar-refractivity contribution in [3.8, 4) is 11.8 Å². The number of ether oxygens (including phenoxy) is 1. The molecule has 0 aliphatic carbocycles. The van der Waals surface area contributed by atoms with E-state index in [1.165, 1.54) is 7.11 Å². The van der Waals surface area contributed by atoms with Gasteiger partial charge < -0.3 is 9.84 Å². The van der Waals surface area contributed by atoms with Gasteiger partial charge in [0.2, 0.25) is 0 Å². The highest BCUT2D eigenvalue weighted by molar-refractivity contribution is 5.71. The maximum atomic E-state index is 10.7. The number of nitrogens with zero attached hydrogens (tertiary/aromatic N) is 1. The Kier molecular flexibility index (Phi) is 3.90. The van der Waals surface area contributed by atoms with Crippen molar-refractivity contribution >= 4 is 5.97 Å². The van der Waals surface area contributed by atoms with Crippen LogP contribution in [0.3, 0.4) is 0 Å². The SMILES string of the molecule is CCc1cc(C#N)c(OC)cc1CC(=O)O. The van der Waals surface area contributed by atoms with Crippen molar-refractivity contribution in [1.29, 1.82) is 5.26 Å². The molecule has 84 valence electrons. The molecule has 0 radical (unpaired) electrons. The molecule has 0 amide bonds. The smallest absolute Gasteiger partial charge is 0.307 e. The summed E-state index contributed by atoms with van der Waals surface area (Å²) in [7, 11) is 1.46. The molecule has 0 bridgehead atoms. The number of benzene rings is 1. The van der Waals surface area contributed by atoms with Crippen LogP contribution in [-0.4, -0.2) is 18.2 Å². The molecule has 0 unspecified atom stereocenters. The average Bonchev–Trinajstić information content (AvgIpc) is 2.27. The summed E-state index contributed by atoms with van der Waals surface area (Å²) in [4.78, 5) is 10.7. The highest BCUT2D eigenvalue weighted by atomic mass is 16.5. The van der Waals surface area contributed by atoms with Gasteiger partial charge in [0.05, 0.1) is 19.1 Å². The summed E-state index contributed by atoms with van der Waals surface area (Å²) in [5.74, 6) is -0.461. The molecular weight excluding hydrogens is 206 g/mol. The summed E-state index contributed by atoms with van der Waals surface area (Å²) in [6.45, 7) is 1.92. The van der Waals surface area contributed by atoms with Gasteiger partial charge in [-0.05, 0) is 29.7 Å². The van der Waals surface area contributed by atoms with Crippen molar-refractivity contribution in [1.82, 2.24) is 0 Å². The van der Waals surface area contributed by atoms with Crippen LogP contribution in [-0.2, 0) is 17.6 Å². The van der Waals surface area contributed by atoms with Gasteiger partial charge in [-0.25, -0.2) is 0 Å². The third kappa shape index (κ3) is 2.51. The molecule has 4 heteroatoms. The Labute approximate surface area is 94.1 Å². The third-order valence-corrected chi connectivity index (χ3v) is 2.36. The maximum Gasteiger partial charge on any atom is 0.307 e. The Balaban J connectivity index is 3.27. The van der Waals surface area contributed by atoms with E-state index in [0.29, 0.717) is 23.3 Å². The third-order valence-electron chi connectivity index (χ3n) is 2.36. The Hall–Kier alpha value is -2.02. The van der Waals surface area contributed by atoms with Crippen LogP contribution in [0.5, 0.6) is 5.75 Å². The zero-order valence-corrected chi connectivity index (χ0v) is 9.28. The Morgan fingerprint density at radius 2 is 2.19 bits per heavy atom. The molecule has 1 N–H and O–H groups in total. The van der Waals surface area contributed by atoms with Gasteiger partial charge in [0, 0.05) is 0 Å². The summed E-state index contributed by atoms with van der Waals surface area (Å²) < 4.78 is 5.04. The van der Waals surface area contributed by atoms with Gasteiger partial charge in [-0.1, -0.05) is 6.92 Å². The first-order chi connectivity index (χ1) is 7.62. The van der Waals surface area contributed by atoms with Crippen LogP contribution in [0, 0.1) is 11.3 Å². The lowest BCUT2D eigenvalue weighted by Crippen LogP contribution is -2.04. The highest BCUT2D eigenvalue weighted by Gasteiger charge is 2.11. The van der Waals surface area contributed by atoms with E-state index >= 15 is 0 Å². The zero-order chi connectivity index (χ0) is 12.1. The normalized spacial score (nSPS) is 9.56. The fourth-order valence-electron chi connectivity index (χ4n) is 1.58. The molecule has 4 nitrogen and oxygen atoms in total. The Morgan fingerprint density at radius 1 is 1.50 bits per heavy atom. The molecule has 0 aliphatic heterocycles. The van der Waals surface area contributed by atoms with Crippen molar-refractivity contribution in [2.45, 2.75) is 19.8 Å². The van der Waals surface area contributed by atoms with Gasteiger partial charge >= 0.3 is 5.97 Å². The van der Waals surface area contributed by atoms with Crippen molar-refractivity contribution in [2.24, 2.45) is 0 Å². The molecular formula is C12H13NO3. The molecule has 0 saturated carbocycles. The quantitative estimate of drug-likeness (QED) is 0.837. The first kappa shape index (κ1) is 12.1. The summed E-state index contributed by atoms with van der Waals surface area (Å²) in [6, 6.07) is 5.35. The number of carboxylic acid groups (broad SMARTS) is 1. The number of nitriles is 1. The van der Waals surface area contributed by atoms with Crippen LogP contribution in [0.4, 0.5) is 0 Å². The van der Waals surface area contributed by atoms with Gasteiger partial charge in [0.25, 0.3) is 0 Å². The van der Waals surface area contributed by atoms with Crippen LogP contribution < -0.4 is 4.74 Å². The lowest BCUT2D eigenvalue weighted by Gasteiger charge is -2.10. The van der Waals surface area contributed by atoms with Crippen LogP contribution in [0.1, 0.15) is 23.6 Å². The van der Waals surface area contributed by atoms with E-state index in [-0.39, 0.29) is 6.42 Å². The maximum absolute atomic E-state index is 10.7. The monoisotopic (exact) mass is 219 g/mol. The number of hydrogen-bond acceptors (Lipinski definition) is 3. The molecule has 1 aromatic carbocycles. The van der Waals surface area contributed by atoms with E-state index < -0.39 is 5.97 Å². The second kappa shape index (κ2) is 5.17. The van der Waals surface area contributed by atoms with Gasteiger partial charge in [-0.2, -0.15) is 5.26 Å². The lowest BCUT2D eigenvalue weighted by atomic mass is 9.99. The van der Waals surface area contributed by atoms with Crippen molar-refractivity contribution in [3.05, 3.63) is 28.8 Å². The molecule has 0 aromatic heterocycles. The molecule has 16 heavy (non-hydrogen) atoms. The predicted octanol–water partition coefficient (Wildman–Crippen LogP) is 1.76. The number of aliphatic carboxylic acids is 1. The fourth-order valence-corrected chi connectivity index (χ4v) is 1.58. The minimum Gasteiger partial charge on any atom is -0.495 e. The van der Waals surface area contributed by atoms with Crippen molar-refractivity contribution in [3.63, 3.8) is 0 Å². The lowest BCUT2D eigenvalue weighted by molar-refractivity contribution is -0.136. The Bertz CT molecular complexity index is 446. The second-order valence-electron chi connectivity index (χ2n) is 3.36. The van der Waals surface area contributed by atoms with E-state index in [1.807, 2.05) is 13.0 Å².